The summed E-state index contributed by atoms with van der Waals surface area (Å²) in [7, 11) is -4.43. The lowest BCUT2D eigenvalue weighted by Gasteiger charge is -2.35. The van der Waals surface area contributed by atoms with Gasteiger partial charge in [0.15, 0.2) is 0 Å². The molecule has 3 rings (SSSR count). The maximum absolute atomic E-state index is 13.9. The first-order valence-corrected chi connectivity index (χ1v) is 7.00. The number of aryl methyl sites for hydroxylation is 2. The van der Waals surface area contributed by atoms with Crippen LogP contribution in [0.5, 0.6) is 0 Å². The largest absolute Gasteiger partial charge is 0.726 e. The molecule has 7 heteroatoms. The number of nitrogens with one attached hydrogen (secondary N) is 1. The van der Waals surface area contributed by atoms with Crippen LogP contribution in [0.2, 0.25) is 0 Å². The van der Waals surface area contributed by atoms with Crippen molar-refractivity contribution in [1.29, 1.82) is 0 Å². The second-order valence-electron chi connectivity index (χ2n) is 5.58. The van der Waals surface area contributed by atoms with Crippen molar-refractivity contribution in [3.8, 4) is 0 Å². The lowest BCUT2D eigenvalue weighted by atomic mass is 10.1. The van der Waals surface area contributed by atoms with Crippen LogP contribution in [0.1, 0.15) is 30.8 Å². The summed E-state index contributed by atoms with van der Waals surface area (Å²) in [6.07, 6.45) is 3.29. The Morgan fingerprint density at radius 1 is 1.09 bits per heavy atom. The number of aromatic nitrogens is 1. The number of H-pyrrole nitrogens is 1. The van der Waals surface area contributed by atoms with E-state index in [4.69, 9.17) is 9.31 Å². The van der Waals surface area contributed by atoms with Crippen LogP contribution in [-0.4, -0.2) is 17.8 Å². The van der Waals surface area contributed by atoms with Gasteiger partial charge in [-0.3, -0.25) is 0 Å². The van der Waals surface area contributed by atoms with Crippen LogP contribution in [0.15, 0.2) is 40.2 Å². The molecule has 2 aliphatic rings. The molecule has 4 nitrogen and oxygen atoms in total. The van der Waals surface area contributed by atoms with Crippen LogP contribution >= 0.6 is 0 Å². The molecular weight excluding hydrogens is 289 g/mol. The fourth-order valence-electron chi connectivity index (χ4n) is 2.67. The van der Waals surface area contributed by atoms with Crippen LogP contribution in [-0.2, 0) is 9.31 Å². The molecule has 0 unspecified atom stereocenters. The fourth-order valence-corrected chi connectivity index (χ4v) is 2.67. The van der Waals surface area contributed by atoms with Gasteiger partial charge in [0, 0.05) is 17.5 Å². The van der Waals surface area contributed by atoms with E-state index in [1.807, 2.05) is 39.8 Å². The molecule has 0 atom stereocenters. The van der Waals surface area contributed by atoms with Gasteiger partial charge in [-0.25, -0.2) is 4.99 Å². The van der Waals surface area contributed by atoms with Gasteiger partial charge in [-0.1, -0.05) is 0 Å². The van der Waals surface area contributed by atoms with E-state index in [0.717, 1.165) is 22.5 Å². The summed E-state index contributed by atoms with van der Waals surface area (Å²) in [6.45, 7) is 7.31. The van der Waals surface area contributed by atoms with Gasteiger partial charge < -0.3 is 22.9 Å². The Labute approximate surface area is 127 Å². The SMILES string of the molecule is CC1=CC(C)=N/C1=C1\C=C(c2[nH]c(C)cc2C)O[B-](F)(F)O1. The van der Waals surface area contributed by atoms with Crippen molar-refractivity contribution < 1.29 is 17.9 Å². The topological polar surface area (TPSA) is 46.6 Å². The number of hydrogen-bond acceptors (Lipinski definition) is 3. The highest BCUT2D eigenvalue weighted by Crippen LogP contribution is 2.36. The summed E-state index contributed by atoms with van der Waals surface area (Å²) in [4.78, 5) is 7.30. The first-order chi connectivity index (χ1) is 10.2. The normalized spacial score (nSPS) is 23.5. The average molecular weight is 305 g/mol. The number of nitrogens with zero attached hydrogens (tertiary/aromatic N) is 1. The minimum Gasteiger partial charge on any atom is -0.626 e. The predicted octanol–water partition coefficient (Wildman–Crippen LogP) is 4.03. The highest BCUT2D eigenvalue weighted by Gasteiger charge is 2.39. The van der Waals surface area contributed by atoms with Crippen molar-refractivity contribution in [3.63, 3.8) is 0 Å². The maximum atomic E-state index is 13.9. The Bertz CT molecular complexity index is 773. The molecule has 0 saturated carbocycles. The second-order valence-corrected chi connectivity index (χ2v) is 5.58. The highest BCUT2D eigenvalue weighted by atomic mass is 19.3. The predicted molar refractivity (Wildman–Crippen MR) is 82.3 cm³/mol. The standard InChI is InChI=1S/C15H16BF2N2O2/c1-8-5-10(3)19-14(8)12-7-13(22-16(17,18)21-12)15-9(2)6-11(4)20-15/h5-7,19H,1-4H3/q-1/b15-13+. The number of rotatable bonds is 1. The lowest BCUT2D eigenvalue weighted by molar-refractivity contribution is 0.171. The molecular formula is C15H16BF2N2O2-. The first kappa shape index (κ1) is 14.6. The van der Waals surface area contributed by atoms with E-state index in [0.29, 0.717) is 11.4 Å². The Hall–Kier alpha value is -2.31. The number of aromatic amines is 1. The van der Waals surface area contributed by atoms with E-state index in [-0.39, 0.29) is 11.5 Å². The molecule has 1 N–H and O–H groups in total. The number of allylic oxidation sites excluding steroid dienone is 3. The van der Waals surface area contributed by atoms with Gasteiger partial charge in [-0.15, -0.1) is 0 Å². The molecule has 0 bridgehead atoms. The molecule has 116 valence electrons. The molecule has 1 aromatic rings. The summed E-state index contributed by atoms with van der Waals surface area (Å²) >= 11 is 0. The van der Waals surface area contributed by atoms with Gasteiger partial charge in [-0.05, 0) is 51.0 Å². The third-order valence-corrected chi connectivity index (χ3v) is 3.51. The summed E-state index contributed by atoms with van der Waals surface area (Å²) in [5, 5.41) is 0. The molecule has 3 heterocycles. The molecule has 0 aromatic carbocycles. The molecule has 0 fully saturated rings. The Morgan fingerprint density at radius 3 is 2.36 bits per heavy atom. The van der Waals surface area contributed by atoms with E-state index in [1.54, 1.807) is 0 Å². The summed E-state index contributed by atoms with van der Waals surface area (Å²) < 4.78 is 37.2. The maximum Gasteiger partial charge on any atom is 0.726 e. The van der Waals surface area contributed by atoms with E-state index >= 15 is 0 Å². The molecule has 1 aromatic heterocycles. The second kappa shape index (κ2) is 4.86. The number of halogens is 2. The van der Waals surface area contributed by atoms with E-state index in [1.165, 1.54) is 6.08 Å². The summed E-state index contributed by atoms with van der Waals surface area (Å²) in [5.41, 5.74) is 4.20. The summed E-state index contributed by atoms with van der Waals surface area (Å²) in [6, 6.07) is 1.87. The van der Waals surface area contributed by atoms with E-state index in [9.17, 15) is 8.63 Å². The zero-order valence-electron chi connectivity index (χ0n) is 12.8. The third kappa shape index (κ3) is 2.58. The smallest absolute Gasteiger partial charge is 0.626 e. The van der Waals surface area contributed by atoms with Crippen LogP contribution in [0.25, 0.3) is 5.76 Å². The minimum absolute atomic E-state index is 0.0310. The molecule has 0 radical (unpaired) electrons. The van der Waals surface area contributed by atoms with Gasteiger partial charge in [0.25, 0.3) is 0 Å². The molecule has 0 aliphatic carbocycles. The van der Waals surface area contributed by atoms with Gasteiger partial charge in [-0.2, -0.15) is 0 Å². The highest BCUT2D eigenvalue weighted by molar-refractivity contribution is 6.53. The monoisotopic (exact) mass is 305 g/mol. The quantitative estimate of drug-likeness (QED) is 0.796. The third-order valence-electron chi connectivity index (χ3n) is 3.51. The molecule has 2 aliphatic heterocycles. The van der Waals surface area contributed by atoms with Crippen molar-refractivity contribution in [2.75, 3.05) is 0 Å². The molecule has 0 amide bonds. The van der Waals surface area contributed by atoms with Gasteiger partial charge in [0.2, 0.25) is 0 Å². The van der Waals surface area contributed by atoms with Crippen molar-refractivity contribution in [3.05, 3.63) is 52.2 Å². The lowest BCUT2D eigenvalue weighted by Crippen LogP contribution is -2.34. The summed E-state index contributed by atoms with van der Waals surface area (Å²) in [5.74, 6) is 0.0976. The van der Waals surface area contributed by atoms with Crippen LogP contribution < -0.4 is 0 Å². The zero-order valence-corrected chi connectivity index (χ0v) is 12.8. The van der Waals surface area contributed by atoms with Crippen molar-refractivity contribution in [1.82, 2.24) is 4.98 Å². The molecule has 0 spiro atoms. The van der Waals surface area contributed by atoms with Gasteiger partial charge in [0.1, 0.15) is 17.2 Å². The Balaban J connectivity index is 2.13. The Morgan fingerprint density at radius 2 is 1.82 bits per heavy atom. The van der Waals surface area contributed by atoms with Crippen LogP contribution in [0, 0.1) is 13.8 Å². The molecule has 0 saturated heterocycles. The van der Waals surface area contributed by atoms with E-state index in [2.05, 4.69) is 9.98 Å². The van der Waals surface area contributed by atoms with Crippen LogP contribution in [0.4, 0.5) is 8.63 Å². The number of hydrogen-bond donors (Lipinski definition) is 1. The first-order valence-electron chi connectivity index (χ1n) is 7.00. The minimum atomic E-state index is -4.43. The van der Waals surface area contributed by atoms with Gasteiger partial charge in [0.05, 0.1) is 5.69 Å². The van der Waals surface area contributed by atoms with E-state index < -0.39 is 7.11 Å². The van der Waals surface area contributed by atoms with Crippen LogP contribution in [0.3, 0.4) is 0 Å². The average Bonchev–Trinajstić information content (AvgIpc) is 2.89. The number of aliphatic imine (C=N–C) groups is 1. The molecule has 22 heavy (non-hydrogen) atoms. The zero-order chi connectivity index (χ0) is 16.1. The fraction of sp³-hybridized carbons (Fsp3) is 0.267. The van der Waals surface area contributed by atoms with Gasteiger partial charge >= 0.3 is 7.11 Å². The Kier molecular flexibility index (Phi) is 3.23. The van der Waals surface area contributed by atoms with Crippen molar-refractivity contribution in [2.45, 2.75) is 27.7 Å². The van der Waals surface area contributed by atoms with Crippen molar-refractivity contribution >= 4 is 18.6 Å². The van der Waals surface area contributed by atoms with Crippen molar-refractivity contribution in [2.24, 2.45) is 4.99 Å².